The summed E-state index contributed by atoms with van der Waals surface area (Å²) in [6.07, 6.45) is 6.52. The topological polar surface area (TPSA) is 41.6 Å². The van der Waals surface area contributed by atoms with Crippen LogP contribution in [0.2, 0.25) is 0 Å². The lowest BCUT2D eigenvalue weighted by Gasteiger charge is -2.27. The highest BCUT2D eigenvalue weighted by molar-refractivity contribution is 6.04. The van der Waals surface area contributed by atoms with Crippen molar-refractivity contribution in [3.05, 3.63) is 59.7 Å². The number of hydrogen-bond acceptors (Lipinski definition) is 3. The first-order valence-electron chi connectivity index (χ1n) is 11.0. The van der Waals surface area contributed by atoms with Crippen molar-refractivity contribution in [1.29, 1.82) is 0 Å². The van der Waals surface area contributed by atoms with Crippen LogP contribution in [0.25, 0.3) is 0 Å². The molecule has 0 spiro atoms. The zero-order valence-electron chi connectivity index (χ0n) is 18.0. The predicted octanol–water partition coefficient (Wildman–Crippen LogP) is 6.05. The number of hydrogen-bond donors (Lipinski definition) is 1. The SMILES string of the molecule is CCN(CC)C(C)Oc1cccc(NC(=O)c2ccc(C3CCCCC3)cc2)c1. The van der Waals surface area contributed by atoms with Gasteiger partial charge in [-0.3, -0.25) is 9.69 Å². The molecule has 29 heavy (non-hydrogen) atoms. The van der Waals surface area contributed by atoms with E-state index < -0.39 is 0 Å². The van der Waals surface area contributed by atoms with Gasteiger partial charge >= 0.3 is 0 Å². The molecule has 1 aliphatic rings. The minimum absolute atomic E-state index is 0.0108. The second-order valence-corrected chi connectivity index (χ2v) is 7.88. The lowest BCUT2D eigenvalue weighted by Crippen LogP contribution is -2.36. The molecule has 1 saturated carbocycles. The van der Waals surface area contributed by atoms with Crippen LogP contribution in [0.15, 0.2) is 48.5 Å². The lowest BCUT2D eigenvalue weighted by atomic mass is 9.84. The molecule has 0 saturated heterocycles. The third-order valence-corrected chi connectivity index (χ3v) is 5.97. The molecule has 1 aliphatic carbocycles. The Hall–Kier alpha value is -2.33. The van der Waals surface area contributed by atoms with E-state index in [1.165, 1.54) is 37.7 Å². The summed E-state index contributed by atoms with van der Waals surface area (Å²) in [7, 11) is 0. The number of benzene rings is 2. The van der Waals surface area contributed by atoms with Gasteiger partial charge in [-0.05, 0) is 68.6 Å². The number of carbonyl (C=O) groups excluding carboxylic acids is 1. The molecular weight excluding hydrogens is 360 g/mol. The van der Waals surface area contributed by atoms with Crippen molar-refractivity contribution >= 4 is 11.6 Å². The van der Waals surface area contributed by atoms with Gasteiger partial charge in [-0.2, -0.15) is 0 Å². The van der Waals surface area contributed by atoms with Crippen molar-refractivity contribution in [1.82, 2.24) is 4.90 Å². The maximum atomic E-state index is 12.7. The van der Waals surface area contributed by atoms with Crippen molar-refractivity contribution in [3.8, 4) is 5.75 Å². The molecule has 1 N–H and O–H groups in total. The minimum Gasteiger partial charge on any atom is -0.475 e. The fraction of sp³-hybridized carbons (Fsp3) is 0.480. The van der Waals surface area contributed by atoms with Crippen LogP contribution in [0.3, 0.4) is 0 Å². The van der Waals surface area contributed by atoms with Crippen LogP contribution in [-0.4, -0.2) is 30.1 Å². The van der Waals surface area contributed by atoms with Crippen LogP contribution in [-0.2, 0) is 0 Å². The second-order valence-electron chi connectivity index (χ2n) is 7.88. The molecule has 0 heterocycles. The molecule has 4 nitrogen and oxygen atoms in total. The van der Waals surface area contributed by atoms with Crippen LogP contribution in [0.5, 0.6) is 5.75 Å². The third-order valence-electron chi connectivity index (χ3n) is 5.97. The molecule has 0 aromatic heterocycles. The van der Waals surface area contributed by atoms with E-state index in [0.29, 0.717) is 11.5 Å². The maximum absolute atomic E-state index is 12.7. The van der Waals surface area contributed by atoms with Gasteiger partial charge in [0.05, 0.1) is 0 Å². The van der Waals surface area contributed by atoms with Gasteiger partial charge in [0.1, 0.15) is 12.0 Å². The quantitative estimate of drug-likeness (QED) is 0.554. The minimum atomic E-state index is -0.0888. The average Bonchev–Trinajstić information content (AvgIpc) is 2.75. The van der Waals surface area contributed by atoms with Gasteiger partial charge in [0.25, 0.3) is 5.91 Å². The van der Waals surface area contributed by atoms with Gasteiger partial charge in [0, 0.05) is 17.3 Å². The molecule has 2 aromatic rings. The Balaban J connectivity index is 1.61. The van der Waals surface area contributed by atoms with E-state index in [4.69, 9.17) is 4.74 Å². The number of anilines is 1. The summed E-state index contributed by atoms with van der Waals surface area (Å²) in [4.78, 5) is 14.9. The highest BCUT2D eigenvalue weighted by Crippen LogP contribution is 2.32. The van der Waals surface area contributed by atoms with Gasteiger partial charge in [0.2, 0.25) is 0 Å². The highest BCUT2D eigenvalue weighted by Gasteiger charge is 2.16. The first-order chi connectivity index (χ1) is 14.1. The van der Waals surface area contributed by atoms with Crippen molar-refractivity contribution in [3.63, 3.8) is 0 Å². The number of ether oxygens (including phenoxy) is 1. The van der Waals surface area contributed by atoms with Crippen molar-refractivity contribution in [2.24, 2.45) is 0 Å². The Bertz CT molecular complexity index is 778. The Labute approximate surface area is 175 Å². The zero-order valence-corrected chi connectivity index (χ0v) is 18.0. The average molecular weight is 395 g/mol. The number of nitrogens with one attached hydrogen (secondary N) is 1. The molecule has 0 radical (unpaired) electrons. The summed E-state index contributed by atoms with van der Waals surface area (Å²) in [6, 6.07) is 15.7. The van der Waals surface area contributed by atoms with E-state index in [1.807, 2.05) is 43.3 Å². The molecule has 0 aliphatic heterocycles. The molecule has 3 rings (SSSR count). The molecule has 1 unspecified atom stereocenters. The Morgan fingerprint density at radius 2 is 1.76 bits per heavy atom. The van der Waals surface area contributed by atoms with Crippen LogP contribution in [0, 0.1) is 0 Å². The summed E-state index contributed by atoms with van der Waals surface area (Å²) < 4.78 is 6.04. The molecule has 1 atom stereocenters. The summed E-state index contributed by atoms with van der Waals surface area (Å²) in [5.41, 5.74) is 2.80. The zero-order chi connectivity index (χ0) is 20.6. The van der Waals surface area contributed by atoms with E-state index in [9.17, 15) is 4.79 Å². The molecule has 156 valence electrons. The van der Waals surface area contributed by atoms with Crippen LogP contribution in [0.1, 0.15) is 74.7 Å². The molecule has 0 bridgehead atoms. The summed E-state index contributed by atoms with van der Waals surface area (Å²) in [6.45, 7) is 8.17. The van der Waals surface area contributed by atoms with Gasteiger partial charge in [-0.25, -0.2) is 0 Å². The number of carbonyl (C=O) groups is 1. The van der Waals surface area contributed by atoms with Crippen LogP contribution in [0.4, 0.5) is 5.69 Å². The second kappa shape index (κ2) is 10.4. The monoisotopic (exact) mass is 394 g/mol. The summed E-state index contributed by atoms with van der Waals surface area (Å²) in [5.74, 6) is 1.33. The largest absolute Gasteiger partial charge is 0.475 e. The molecular formula is C25H34N2O2. The van der Waals surface area contributed by atoms with Crippen LogP contribution < -0.4 is 10.1 Å². The molecule has 4 heteroatoms. The van der Waals surface area contributed by atoms with E-state index >= 15 is 0 Å². The predicted molar refractivity (Wildman–Crippen MR) is 120 cm³/mol. The standard InChI is InChI=1S/C25H34N2O2/c1-4-27(5-2)19(3)29-24-13-9-12-23(18-24)26-25(28)22-16-14-21(15-17-22)20-10-7-6-8-11-20/h9,12-20H,4-8,10-11H2,1-3H3,(H,26,28). The summed E-state index contributed by atoms with van der Waals surface area (Å²) in [5, 5.41) is 3.00. The Morgan fingerprint density at radius 3 is 2.41 bits per heavy atom. The van der Waals surface area contributed by atoms with Crippen molar-refractivity contribution < 1.29 is 9.53 Å². The lowest BCUT2D eigenvalue weighted by molar-refractivity contribution is 0.0481. The summed E-state index contributed by atoms with van der Waals surface area (Å²) >= 11 is 0. The van der Waals surface area contributed by atoms with Crippen LogP contribution >= 0.6 is 0 Å². The van der Waals surface area contributed by atoms with Gasteiger partial charge in [-0.15, -0.1) is 0 Å². The van der Waals surface area contributed by atoms with E-state index in [1.54, 1.807) is 0 Å². The fourth-order valence-corrected chi connectivity index (χ4v) is 4.20. The first-order valence-corrected chi connectivity index (χ1v) is 11.0. The normalized spacial score (nSPS) is 15.9. The van der Waals surface area contributed by atoms with E-state index in [2.05, 4.69) is 36.2 Å². The van der Waals surface area contributed by atoms with Gasteiger partial charge in [0.15, 0.2) is 0 Å². The smallest absolute Gasteiger partial charge is 0.255 e. The molecule has 2 aromatic carbocycles. The third kappa shape index (κ3) is 5.83. The number of rotatable bonds is 8. The van der Waals surface area contributed by atoms with Crippen molar-refractivity contribution in [2.75, 3.05) is 18.4 Å². The van der Waals surface area contributed by atoms with Crippen molar-refractivity contribution in [2.45, 2.75) is 65.0 Å². The maximum Gasteiger partial charge on any atom is 0.255 e. The molecule has 1 amide bonds. The molecule has 1 fully saturated rings. The van der Waals surface area contributed by atoms with E-state index in [-0.39, 0.29) is 12.1 Å². The number of amides is 1. The fourth-order valence-electron chi connectivity index (χ4n) is 4.20. The van der Waals surface area contributed by atoms with Gasteiger partial charge in [-0.1, -0.05) is 51.3 Å². The Morgan fingerprint density at radius 1 is 1.07 bits per heavy atom. The Kier molecular flexibility index (Phi) is 7.70. The number of nitrogens with zero attached hydrogens (tertiary/aromatic N) is 1. The first kappa shape index (κ1) is 21.4. The van der Waals surface area contributed by atoms with Gasteiger partial charge < -0.3 is 10.1 Å². The van der Waals surface area contributed by atoms with E-state index in [0.717, 1.165) is 24.5 Å². The highest BCUT2D eigenvalue weighted by atomic mass is 16.5.